The molecule has 0 saturated carbocycles. The predicted octanol–water partition coefficient (Wildman–Crippen LogP) is 3.61. The van der Waals surface area contributed by atoms with Crippen LogP contribution in [0.2, 0.25) is 0 Å². The normalized spacial score (nSPS) is 10.8. The molecule has 2 N–H and O–H groups in total. The summed E-state index contributed by atoms with van der Waals surface area (Å²) in [6, 6.07) is 9.85. The van der Waals surface area contributed by atoms with Gasteiger partial charge in [0.25, 0.3) is 5.91 Å². The van der Waals surface area contributed by atoms with Gasteiger partial charge in [0, 0.05) is 23.1 Å². The average Bonchev–Trinajstić information content (AvgIpc) is 2.95. The molecule has 1 amide bonds. The van der Waals surface area contributed by atoms with Gasteiger partial charge in [-0.25, -0.2) is 4.39 Å². The standard InChI is InChI=1S/C20H21FN2O3/c1-12-14(15-11-13(21)7-8-16(15)23-12)9-10-22-20(24)19-17(25-2)5-4-6-18(19)26-3/h4-8,11,23H,9-10H2,1-3H3,(H,22,24). The van der Waals surface area contributed by atoms with Crippen LogP contribution in [0.3, 0.4) is 0 Å². The smallest absolute Gasteiger partial charge is 0.258 e. The summed E-state index contributed by atoms with van der Waals surface area (Å²) < 4.78 is 24.1. The van der Waals surface area contributed by atoms with Crippen molar-refractivity contribution in [1.29, 1.82) is 0 Å². The monoisotopic (exact) mass is 356 g/mol. The predicted molar refractivity (Wildman–Crippen MR) is 98.6 cm³/mol. The molecule has 1 aromatic heterocycles. The molecule has 0 fully saturated rings. The Bertz CT molecular complexity index is 927. The van der Waals surface area contributed by atoms with Crippen LogP contribution in [0.25, 0.3) is 10.9 Å². The third kappa shape index (κ3) is 3.35. The van der Waals surface area contributed by atoms with E-state index in [-0.39, 0.29) is 11.7 Å². The number of hydrogen-bond acceptors (Lipinski definition) is 3. The first-order chi connectivity index (χ1) is 12.5. The number of halogens is 1. The van der Waals surface area contributed by atoms with E-state index in [4.69, 9.17) is 9.47 Å². The van der Waals surface area contributed by atoms with Crippen LogP contribution in [0.15, 0.2) is 36.4 Å². The van der Waals surface area contributed by atoms with Crippen LogP contribution >= 0.6 is 0 Å². The zero-order valence-electron chi connectivity index (χ0n) is 15.0. The molecule has 6 heteroatoms. The molecule has 0 atom stereocenters. The Morgan fingerprint density at radius 2 is 1.85 bits per heavy atom. The zero-order chi connectivity index (χ0) is 18.7. The van der Waals surface area contributed by atoms with Gasteiger partial charge in [-0.1, -0.05) is 6.07 Å². The van der Waals surface area contributed by atoms with Gasteiger partial charge < -0.3 is 19.8 Å². The number of rotatable bonds is 6. The second-order valence-corrected chi connectivity index (χ2v) is 5.96. The van der Waals surface area contributed by atoms with Gasteiger partial charge in [0.2, 0.25) is 0 Å². The average molecular weight is 356 g/mol. The Morgan fingerprint density at radius 3 is 2.50 bits per heavy atom. The number of carbonyl (C=O) groups excluding carboxylic acids is 1. The number of H-pyrrole nitrogens is 1. The second kappa shape index (κ2) is 7.47. The van der Waals surface area contributed by atoms with E-state index < -0.39 is 0 Å². The lowest BCUT2D eigenvalue weighted by atomic mass is 10.1. The van der Waals surface area contributed by atoms with Gasteiger partial charge in [-0.3, -0.25) is 4.79 Å². The SMILES string of the molecule is COc1cccc(OC)c1C(=O)NCCc1c(C)[nH]c2ccc(F)cc12. The fourth-order valence-electron chi connectivity index (χ4n) is 3.14. The molecule has 0 aliphatic rings. The summed E-state index contributed by atoms with van der Waals surface area (Å²) in [6.07, 6.45) is 0.582. The van der Waals surface area contributed by atoms with Crippen molar-refractivity contribution in [2.24, 2.45) is 0 Å². The van der Waals surface area contributed by atoms with Crippen molar-refractivity contribution in [1.82, 2.24) is 10.3 Å². The molecule has 0 aliphatic carbocycles. The van der Waals surface area contributed by atoms with Crippen molar-refractivity contribution in [2.75, 3.05) is 20.8 Å². The van der Waals surface area contributed by atoms with Gasteiger partial charge >= 0.3 is 0 Å². The lowest BCUT2D eigenvalue weighted by Crippen LogP contribution is -2.26. The number of amides is 1. The van der Waals surface area contributed by atoms with Crippen molar-refractivity contribution in [3.8, 4) is 11.5 Å². The Labute approximate surface area is 151 Å². The largest absolute Gasteiger partial charge is 0.496 e. The number of hydrogen-bond donors (Lipinski definition) is 2. The number of aromatic nitrogens is 1. The van der Waals surface area contributed by atoms with Crippen molar-refractivity contribution in [2.45, 2.75) is 13.3 Å². The maximum atomic E-state index is 13.6. The number of ether oxygens (including phenoxy) is 2. The number of aryl methyl sites for hydroxylation is 1. The minimum absolute atomic E-state index is 0.275. The summed E-state index contributed by atoms with van der Waals surface area (Å²) in [6.45, 7) is 2.35. The van der Waals surface area contributed by atoms with Crippen LogP contribution < -0.4 is 14.8 Å². The Morgan fingerprint density at radius 1 is 1.15 bits per heavy atom. The fourth-order valence-corrected chi connectivity index (χ4v) is 3.14. The number of carbonyl (C=O) groups is 1. The topological polar surface area (TPSA) is 63.4 Å². The lowest BCUT2D eigenvalue weighted by Gasteiger charge is -2.13. The van der Waals surface area contributed by atoms with E-state index in [0.717, 1.165) is 22.2 Å². The second-order valence-electron chi connectivity index (χ2n) is 5.96. The van der Waals surface area contributed by atoms with Gasteiger partial charge in [0.1, 0.15) is 22.9 Å². The minimum Gasteiger partial charge on any atom is -0.496 e. The molecule has 2 aromatic carbocycles. The highest BCUT2D eigenvalue weighted by Crippen LogP contribution is 2.28. The molecule has 0 saturated heterocycles. The molecule has 3 aromatic rings. The summed E-state index contributed by atoms with van der Waals surface area (Å²) in [7, 11) is 3.02. The molecular formula is C20H21FN2O3. The van der Waals surface area contributed by atoms with Crippen molar-refractivity contribution in [3.05, 3.63) is 59.0 Å². The molecular weight excluding hydrogens is 335 g/mol. The lowest BCUT2D eigenvalue weighted by molar-refractivity contribution is 0.0948. The summed E-state index contributed by atoms with van der Waals surface area (Å²) in [4.78, 5) is 15.8. The molecule has 0 unspecified atom stereocenters. The quantitative estimate of drug-likeness (QED) is 0.709. The van der Waals surface area contributed by atoms with E-state index in [1.165, 1.54) is 26.4 Å². The van der Waals surface area contributed by atoms with Gasteiger partial charge in [0.05, 0.1) is 14.2 Å². The van der Waals surface area contributed by atoms with Crippen molar-refractivity contribution in [3.63, 3.8) is 0 Å². The highest BCUT2D eigenvalue weighted by atomic mass is 19.1. The van der Waals surface area contributed by atoms with Crippen LogP contribution in [0, 0.1) is 12.7 Å². The molecule has 136 valence electrons. The first-order valence-corrected chi connectivity index (χ1v) is 8.31. The first kappa shape index (κ1) is 17.8. The van der Waals surface area contributed by atoms with Gasteiger partial charge in [0.15, 0.2) is 0 Å². The maximum absolute atomic E-state index is 13.6. The number of nitrogens with one attached hydrogen (secondary N) is 2. The van der Waals surface area contributed by atoms with E-state index >= 15 is 0 Å². The summed E-state index contributed by atoms with van der Waals surface area (Å²) >= 11 is 0. The van der Waals surface area contributed by atoms with E-state index in [2.05, 4.69) is 10.3 Å². The van der Waals surface area contributed by atoms with E-state index in [0.29, 0.717) is 30.0 Å². The number of aromatic amines is 1. The molecule has 0 aliphatic heterocycles. The summed E-state index contributed by atoms with van der Waals surface area (Å²) in [5.41, 5.74) is 3.21. The highest BCUT2D eigenvalue weighted by molar-refractivity contribution is 5.99. The maximum Gasteiger partial charge on any atom is 0.258 e. The third-order valence-corrected chi connectivity index (χ3v) is 4.40. The van der Waals surface area contributed by atoms with E-state index in [9.17, 15) is 9.18 Å². The molecule has 0 spiro atoms. The number of fused-ring (bicyclic) bond motifs is 1. The van der Waals surface area contributed by atoms with Crippen LogP contribution in [0.4, 0.5) is 4.39 Å². The molecule has 0 bridgehead atoms. The van der Waals surface area contributed by atoms with Crippen LogP contribution in [-0.2, 0) is 6.42 Å². The molecule has 5 nitrogen and oxygen atoms in total. The molecule has 1 heterocycles. The minimum atomic E-state index is -0.277. The zero-order valence-corrected chi connectivity index (χ0v) is 15.0. The van der Waals surface area contributed by atoms with Gasteiger partial charge in [-0.15, -0.1) is 0 Å². The first-order valence-electron chi connectivity index (χ1n) is 8.31. The summed E-state index contributed by atoms with van der Waals surface area (Å²) in [5.74, 6) is 0.350. The molecule has 0 radical (unpaired) electrons. The van der Waals surface area contributed by atoms with E-state index in [1.807, 2.05) is 6.92 Å². The Kier molecular flexibility index (Phi) is 5.11. The molecule has 26 heavy (non-hydrogen) atoms. The number of methoxy groups -OCH3 is 2. The number of benzene rings is 2. The molecule has 3 rings (SSSR count). The fraction of sp³-hybridized carbons (Fsp3) is 0.250. The Balaban J connectivity index is 1.76. The third-order valence-electron chi connectivity index (χ3n) is 4.40. The highest BCUT2D eigenvalue weighted by Gasteiger charge is 2.18. The van der Waals surface area contributed by atoms with Crippen molar-refractivity contribution >= 4 is 16.8 Å². The van der Waals surface area contributed by atoms with Crippen LogP contribution in [-0.4, -0.2) is 31.7 Å². The van der Waals surface area contributed by atoms with Crippen molar-refractivity contribution < 1.29 is 18.7 Å². The summed E-state index contributed by atoms with van der Waals surface area (Å²) in [5, 5.41) is 3.73. The van der Waals surface area contributed by atoms with Crippen LogP contribution in [0.5, 0.6) is 11.5 Å². The van der Waals surface area contributed by atoms with Crippen LogP contribution in [0.1, 0.15) is 21.6 Å². The Hall–Kier alpha value is -3.02. The van der Waals surface area contributed by atoms with E-state index in [1.54, 1.807) is 24.3 Å². The van der Waals surface area contributed by atoms with Gasteiger partial charge in [-0.05, 0) is 49.2 Å². The van der Waals surface area contributed by atoms with Gasteiger partial charge in [-0.2, -0.15) is 0 Å².